The van der Waals surface area contributed by atoms with Crippen LogP contribution in [0.4, 0.5) is 0 Å². The van der Waals surface area contributed by atoms with Gasteiger partial charge < -0.3 is 15.2 Å². The lowest BCUT2D eigenvalue weighted by Gasteiger charge is -2.10. The van der Waals surface area contributed by atoms with Gasteiger partial charge >= 0.3 is 0 Å². The Bertz CT molecular complexity index is 695. The molecule has 0 aliphatic carbocycles. The van der Waals surface area contributed by atoms with Gasteiger partial charge in [0.2, 0.25) is 0 Å². The van der Waals surface area contributed by atoms with Crippen LogP contribution in [-0.4, -0.2) is 30.3 Å². The summed E-state index contributed by atoms with van der Waals surface area (Å²) in [7, 11) is 0. The molecule has 0 unspecified atom stereocenters. The Morgan fingerprint density at radius 1 is 1.08 bits per heavy atom. The molecule has 134 valence electrons. The first-order valence-corrected chi connectivity index (χ1v) is 8.75. The van der Waals surface area contributed by atoms with Crippen LogP contribution < -0.4 is 5.32 Å². The minimum atomic E-state index is -0.514. The Morgan fingerprint density at radius 3 is 2.44 bits per heavy atom. The Morgan fingerprint density at radius 2 is 1.76 bits per heavy atom. The van der Waals surface area contributed by atoms with Crippen molar-refractivity contribution >= 4 is 5.91 Å². The van der Waals surface area contributed by atoms with Crippen LogP contribution in [0, 0.1) is 0 Å². The van der Waals surface area contributed by atoms with Crippen molar-refractivity contribution in [2.45, 2.75) is 39.4 Å². The third-order valence-electron chi connectivity index (χ3n) is 3.88. The summed E-state index contributed by atoms with van der Waals surface area (Å²) in [4.78, 5) is 12.3. The first kappa shape index (κ1) is 19.2. The van der Waals surface area contributed by atoms with Crippen molar-refractivity contribution in [3.8, 4) is 11.1 Å². The molecule has 4 nitrogen and oxygen atoms in total. The fourth-order valence-corrected chi connectivity index (χ4v) is 2.51. The summed E-state index contributed by atoms with van der Waals surface area (Å²) >= 11 is 0. The van der Waals surface area contributed by atoms with Gasteiger partial charge in [-0.1, -0.05) is 30.3 Å². The van der Waals surface area contributed by atoms with Gasteiger partial charge in [0, 0.05) is 18.7 Å². The topological polar surface area (TPSA) is 58.6 Å². The van der Waals surface area contributed by atoms with Gasteiger partial charge in [-0.2, -0.15) is 0 Å². The Balaban J connectivity index is 2.01. The summed E-state index contributed by atoms with van der Waals surface area (Å²) < 4.78 is 5.47. The number of hydrogen-bond donors (Lipinski definition) is 2. The van der Waals surface area contributed by atoms with Crippen LogP contribution in [0.3, 0.4) is 0 Å². The van der Waals surface area contributed by atoms with Crippen molar-refractivity contribution in [3.63, 3.8) is 0 Å². The van der Waals surface area contributed by atoms with Gasteiger partial charge in [-0.05, 0) is 62.1 Å². The second-order valence-corrected chi connectivity index (χ2v) is 6.41. The highest BCUT2D eigenvalue weighted by molar-refractivity contribution is 5.95. The normalized spacial score (nSPS) is 12.2. The number of ether oxygens (including phenoxy) is 1. The van der Waals surface area contributed by atoms with E-state index in [2.05, 4.69) is 5.32 Å². The molecule has 25 heavy (non-hydrogen) atoms. The molecule has 0 fully saturated rings. The highest BCUT2D eigenvalue weighted by atomic mass is 16.5. The highest BCUT2D eigenvalue weighted by Gasteiger charge is 2.08. The van der Waals surface area contributed by atoms with Crippen molar-refractivity contribution in [1.82, 2.24) is 5.32 Å². The standard InChI is InChI=1S/C21H27NO3/c1-15(2)25-12-6-11-22-21(24)20-10-5-9-19(14-20)18-8-4-7-17(13-18)16(3)23/h4-5,7-10,13-16,23H,6,11-12H2,1-3H3,(H,22,24)/t16-/m0/s1. The third kappa shape index (κ3) is 6.00. The zero-order valence-corrected chi connectivity index (χ0v) is 15.2. The van der Waals surface area contributed by atoms with Crippen molar-refractivity contribution in [3.05, 3.63) is 59.7 Å². The molecule has 0 radical (unpaired) electrons. The van der Waals surface area contributed by atoms with Crippen molar-refractivity contribution in [2.24, 2.45) is 0 Å². The molecule has 2 N–H and O–H groups in total. The molecule has 0 bridgehead atoms. The van der Waals surface area contributed by atoms with E-state index in [1.165, 1.54) is 0 Å². The molecule has 0 aliphatic heterocycles. The Labute approximate surface area is 149 Å². The number of aliphatic hydroxyl groups is 1. The number of amides is 1. The first-order valence-electron chi connectivity index (χ1n) is 8.75. The lowest BCUT2D eigenvalue weighted by Crippen LogP contribution is -2.25. The molecule has 0 aromatic heterocycles. The summed E-state index contributed by atoms with van der Waals surface area (Å²) in [5.41, 5.74) is 3.43. The van der Waals surface area contributed by atoms with Gasteiger partial charge in [-0.25, -0.2) is 0 Å². The molecule has 2 rings (SSSR count). The van der Waals surface area contributed by atoms with E-state index in [0.717, 1.165) is 23.1 Å². The van der Waals surface area contributed by atoms with Gasteiger partial charge in [-0.3, -0.25) is 4.79 Å². The van der Waals surface area contributed by atoms with Gasteiger partial charge in [0.15, 0.2) is 0 Å². The van der Waals surface area contributed by atoms with E-state index in [1.54, 1.807) is 6.92 Å². The van der Waals surface area contributed by atoms with Crippen LogP contribution >= 0.6 is 0 Å². The minimum Gasteiger partial charge on any atom is -0.389 e. The van der Waals surface area contributed by atoms with Crippen molar-refractivity contribution in [2.75, 3.05) is 13.2 Å². The molecule has 2 aromatic rings. The van der Waals surface area contributed by atoms with Crippen molar-refractivity contribution < 1.29 is 14.6 Å². The zero-order valence-electron chi connectivity index (χ0n) is 15.2. The summed E-state index contributed by atoms with van der Waals surface area (Å²) in [5.74, 6) is -0.0851. The maximum atomic E-state index is 12.3. The summed E-state index contributed by atoms with van der Waals surface area (Å²) in [6.45, 7) is 6.97. The van der Waals surface area contributed by atoms with E-state index >= 15 is 0 Å². The van der Waals surface area contributed by atoms with Gasteiger partial charge in [0.25, 0.3) is 5.91 Å². The maximum absolute atomic E-state index is 12.3. The fourth-order valence-electron chi connectivity index (χ4n) is 2.51. The molecule has 2 aromatic carbocycles. The Kier molecular flexibility index (Phi) is 7.16. The van der Waals surface area contributed by atoms with Crippen LogP contribution in [-0.2, 0) is 4.74 Å². The molecule has 0 heterocycles. The van der Waals surface area contributed by atoms with Crippen molar-refractivity contribution in [1.29, 1.82) is 0 Å². The van der Waals surface area contributed by atoms with Gasteiger partial charge in [0.1, 0.15) is 0 Å². The number of carbonyl (C=O) groups excluding carboxylic acids is 1. The van der Waals surface area contributed by atoms with Gasteiger partial charge in [0.05, 0.1) is 12.2 Å². The average Bonchev–Trinajstić information content (AvgIpc) is 2.61. The lowest BCUT2D eigenvalue weighted by atomic mass is 9.99. The SMILES string of the molecule is CC(C)OCCCNC(=O)c1cccc(-c2cccc([C@H](C)O)c2)c1. The quantitative estimate of drug-likeness (QED) is 0.715. The number of hydrogen-bond acceptors (Lipinski definition) is 3. The summed E-state index contributed by atoms with van der Waals surface area (Å²) in [6.07, 6.45) is 0.490. The maximum Gasteiger partial charge on any atom is 0.251 e. The Hall–Kier alpha value is -2.17. The lowest BCUT2D eigenvalue weighted by molar-refractivity contribution is 0.0757. The van der Waals surface area contributed by atoms with Crippen LogP contribution in [0.5, 0.6) is 0 Å². The van der Waals surface area contributed by atoms with E-state index in [9.17, 15) is 9.90 Å². The number of rotatable bonds is 8. The molecular weight excluding hydrogens is 314 g/mol. The molecule has 0 aliphatic rings. The van der Waals surface area contributed by atoms with E-state index in [0.29, 0.717) is 18.7 Å². The van der Waals surface area contributed by atoms with E-state index < -0.39 is 6.10 Å². The van der Waals surface area contributed by atoms with Gasteiger partial charge in [-0.15, -0.1) is 0 Å². The molecule has 0 spiro atoms. The second kappa shape index (κ2) is 9.35. The second-order valence-electron chi connectivity index (χ2n) is 6.41. The van der Waals surface area contributed by atoms with Crippen LogP contribution in [0.2, 0.25) is 0 Å². The van der Waals surface area contributed by atoms with E-state index in [1.807, 2.05) is 62.4 Å². The molecule has 0 saturated heterocycles. The largest absolute Gasteiger partial charge is 0.389 e. The van der Waals surface area contributed by atoms with E-state index in [-0.39, 0.29) is 12.0 Å². The predicted molar refractivity (Wildman–Crippen MR) is 101 cm³/mol. The smallest absolute Gasteiger partial charge is 0.251 e. The highest BCUT2D eigenvalue weighted by Crippen LogP contribution is 2.24. The molecule has 1 atom stereocenters. The minimum absolute atomic E-state index is 0.0851. The number of benzene rings is 2. The molecule has 4 heteroatoms. The van der Waals surface area contributed by atoms with Crippen LogP contribution in [0.1, 0.15) is 49.2 Å². The monoisotopic (exact) mass is 341 g/mol. The van der Waals surface area contributed by atoms with Crippen LogP contribution in [0.25, 0.3) is 11.1 Å². The average molecular weight is 341 g/mol. The number of nitrogens with one attached hydrogen (secondary N) is 1. The molecular formula is C21H27NO3. The number of carbonyl (C=O) groups is 1. The van der Waals surface area contributed by atoms with E-state index in [4.69, 9.17) is 4.74 Å². The predicted octanol–water partition coefficient (Wildman–Crippen LogP) is 3.95. The molecule has 1 amide bonds. The summed E-state index contributed by atoms with van der Waals surface area (Å²) in [6, 6.07) is 15.3. The fraction of sp³-hybridized carbons (Fsp3) is 0.381. The third-order valence-corrected chi connectivity index (χ3v) is 3.88. The zero-order chi connectivity index (χ0) is 18.2. The number of aliphatic hydroxyl groups excluding tert-OH is 1. The van der Waals surface area contributed by atoms with Crippen LogP contribution in [0.15, 0.2) is 48.5 Å². The molecule has 0 saturated carbocycles. The first-order chi connectivity index (χ1) is 12.0. The summed E-state index contributed by atoms with van der Waals surface area (Å²) in [5, 5.41) is 12.7.